The van der Waals surface area contributed by atoms with Crippen molar-refractivity contribution in [3.8, 4) is 11.5 Å². The van der Waals surface area contributed by atoms with Gasteiger partial charge in [-0.1, -0.05) is 6.07 Å². The van der Waals surface area contributed by atoms with E-state index in [0.29, 0.717) is 0 Å². The van der Waals surface area contributed by atoms with Gasteiger partial charge in [0.2, 0.25) is 0 Å². The molecule has 0 amide bonds. The Morgan fingerprint density at radius 3 is 2.41 bits per heavy atom. The molecular formula is C21H34N2O4. The molecule has 27 heavy (non-hydrogen) atoms. The lowest BCUT2D eigenvalue weighted by Crippen LogP contribution is -2.45. The molecule has 0 saturated carbocycles. The third-order valence-electron chi connectivity index (χ3n) is 5.68. The first-order valence-electron chi connectivity index (χ1n) is 10.0. The van der Waals surface area contributed by atoms with Crippen LogP contribution in [0, 0.1) is 0 Å². The molecule has 152 valence electrons. The van der Waals surface area contributed by atoms with Crippen LogP contribution >= 0.6 is 0 Å². The van der Waals surface area contributed by atoms with Crippen LogP contribution in [0.5, 0.6) is 11.5 Å². The molecule has 2 aliphatic heterocycles. The highest BCUT2D eigenvalue weighted by atomic mass is 16.7. The molecule has 6 heteroatoms. The zero-order chi connectivity index (χ0) is 19.1. The van der Waals surface area contributed by atoms with Crippen molar-refractivity contribution in [1.29, 1.82) is 0 Å². The van der Waals surface area contributed by atoms with Gasteiger partial charge in [0.15, 0.2) is 17.3 Å². The summed E-state index contributed by atoms with van der Waals surface area (Å²) in [7, 11) is 5.55. The monoisotopic (exact) mass is 378 g/mol. The van der Waals surface area contributed by atoms with E-state index in [-0.39, 0.29) is 5.79 Å². The van der Waals surface area contributed by atoms with Gasteiger partial charge in [-0.05, 0) is 50.7 Å². The zero-order valence-electron chi connectivity index (χ0n) is 17.0. The average molecular weight is 379 g/mol. The number of benzene rings is 1. The lowest BCUT2D eigenvalue weighted by molar-refractivity contribution is -0.185. The molecule has 0 bridgehead atoms. The smallest absolute Gasteiger partial charge is 0.170 e. The van der Waals surface area contributed by atoms with Crippen LogP contribution in [0.15, 0.2) is 18.2 Å². The first-order valence-corrected chi connectivity index (χ1v) is 10.0. The van der Waals surface area contributed by atoms with Crippen LogP contribution in [0.1, 0.15) is 24.8 Å². The van der Waals surface area contributed by atoms with Gasteiger partial charge in [-0.25, -0.2) is 0 Å². The van der Waals surface area contributed by atoms with Crippen molar-refractivity contribution in [2.45, 2.75) is 31.5 Å². The van der Waals surface area contributed by atoms with Gasteiger partial charge in [0.1, 0.15) is 0 Å². The highest BCUT2D eigenvalue weighted by Crippen LogP contribution is 2.31. The largest absolute Gasteiger partial charge is 0.493 e. The maximum Gasteiger partial charge on any atom is 0.170 e. The van der Waals surface area contributed by atoms with Crippen molar-refractivity contribution in [3.63, 3.8) is 0 Å². The minimum atomic E-state index is -0.257. The molecule has 2 aliphatic rings. The summed E-state index contributed by atoms with van der Waals surface area (Å²) in [5.41, 5.74) is 1.28. The number of likely N-dealkylation sites (tertiary alicyclic amines) is 1. The molecule has 2 fully saturated rings. The van der Waals surface area contributed by atoms with Gasteiger partial charge in [-0.15, -0.1) is 0 Å². The summed E-state index contributed by atoms with van der Waals surface area (Å²) >= 11 is 0. The van der Waals surface area contributed by atoms with E-state index in [2.05, 4.69) is 29.0 Å². The van der Waals surface area contributed by atoms with Crippen LogP contribution in [0.2, 0.25) is 0 Å². The van der Waals surface area contributed by atoms with Crippen LogP contribution in [-0.4, -0.2) is 82.8 Å². The van der Waals surface area contributed by atoms with Crippen molar-refractivity contribution >= 4 is 0 Å². The maximum absolute atomic E-state index is 5.80. The van der Waals surface area contributed by atoms with Crippen LogP contribution in [0.4, 0.5) is 0 Å². The highest BCUT2D eigenvalue weighted by molar-refractivity contribution is 5.42. The molecule has 0 aliphatic carbocycles. The second kappa shape index (κ2) is 9.73. The second-order valence-corrected chi connectivity index (χ2v) is 7.55. The average Bonchev–Trinajstić information content (AvgIpc) is 3.16. The van der Waals surface area contributed by atoms with Gasteiger partial charge < -0.3 is 28.7 Å². The van der Waals surface area contributed by atoms with E-state index >= 15 is 0 Å². The van der Waals surface area contributed by atoms with Crippen molar-refractivity contribution in [2.75, 3.05) is 67.2 Å². The number of rotatable bonds is 9. The molecule has 1 aromatic carbocycles. The number of hydrogen-bond donors (Lipinski definition) is 0. The van der Waals surface area contributed by atoms with E-state index in [4.69, 9.17) is 18.9 Å². The molecule has 0 N–H and O–H groups in total. The molecule has 0 aromatic heterocycles. The minimum Gasteiger partial charge on any atom is -0.493 e. The number of ether oxygens (including phenoxy) is 4. The van der Waals surface area contributed by atoms with Gasteiger partial charge in [0.25, 0.3) is 0 Å². The topological polar surface area (TPSA) is 43.4 Å². The molecule has 2 saturated heterocycles. The van der Waals surface area contributed by atoms with E-state index in [1.807, 2.05) is 6.07 Å². The fourth-order valence-electron chi connectivity index (χ4n) is 3.94. The SMILES string of the molecule is COc1ccc(CCN(C)CCCN2CCC3(CC2)OCCO3)cc1OC. The lowest BCUT2D eigenvalue weighted by Gasteiger charge is -2.37. The summed E-state index contributed by atoms with van der Waals surface area (Å²) in [6.45, 7) is 6.97. The molecule has 1 aromatic rings. The predicted molar refractivity (Wildman–Crippen MR) is 106 cm³/mol. The van der Waals surface area contributed by atoms with E-state index in [1.165, 1.54) is 12.0 Å². The maximum atomic E-state index is 5.80. The molecule has 0 unspecified atom stereocenters. The fourth-order valence-corrected chi connectivity index (χ4v) is 3.94. The summed E-state index contributed by atoms with van der Waals surface area (Å²) in [4.78, 5) is 4.95. The van der Waals surface area contributed by atoms with Crippen molar-refractivity contribution in [3.05, 3.63) is 23.8 Å². The fraction of sp³-hybridized carbons (Fsp3) is 0.714. The third-order valence-corrected chi connectivity index (χ3v) is 5.68. The Labute approximate surface area is 163 Å². The Hall–Kier alpha value is -1.34. The van der Waals surface area contributed by atoms with E-state index < -0.39 is 0 Å². The van der Waals surface area contributed by atoms with Gasteiger partial charge in [0, 0.05) is 32.5 Å². The van der Waals surface area contributed by atoms with Crippen molar-refractivity contribution < 1.29 is 18.9 Å². The number of methoxy groups -OCH3 is 2. The van der Waals surface area contributed by atoms with Crippen LogP contribution < -0.4 is 9.47 Å². The van der Waals surface area contributed by atoms with E-state index in [1.54, 1.807) is 14.2 Å². The lowest BCUT2D eigenvalue weighted by atomic mass is 10.0. The number of hydrogen-bond acceptors (Lipinski definition) is 6. The van der Waals surface area contributed by atoms with Gasteiger partial charge in [-0.3, -0.25) is 0 Å². The van der Waals surface area contributed by atoms with E-state index in [0.717, 1.165) is 76.7 Å². The summed E-state index contributed by atoms with van der Waals surface area (Å²) < 4.78 is 22.3. The normalized spacial score (nSPS) is 19.7. The second-order valence-electron chi connectivity index (χ2n) is 7.55. The van der Waals surface area contributed by atoms with Crippen molar-refractivity contribution in [1.82, 2.24) is 9.80 Å². The number of likely N-dealkylation sites (N-methyl/N-ethyl adjacent to an activating group) is 1. The first-order chi connectivity index (χ1) is 13.1. The Morgan fingerprint density at radius 1 is 1.04 bits per heavy atom. The van der Waals surface area contributed by atoms with Crippen LogP contribution in [-0.2, 0) is 15.9 Å². The van der Waals surface area contributed by atoms with Gasteiger partial charge in [0.05, 0.1) is 27.4 Å². The highest BCUT2D eigenvalue weighted by Gasteiger charge is 2.39. The third kappa shape index (κ3) is 5.57. The predicted octanol–water partition coefficient (Wildman–Crippen LogP) is 2.41. The Kier molecular flexibility index (Phi) is 7.35. The summed E-state index contributed by atoms with van der Waals surface area (Å²) in [6, 6.07) is 6.17. The Bertz CT molecular complexity index is 580. The van der Waals surface area contributed by atoms with Crippen LogP contribution in [0.3, 0.4) is 0 Å². The molecule has 0 radical (unpaired) electrons. The Balaban J connectivity index is 1.32. The zero-order valence-corrected chi connectivity index (χ0v) is 17.0. The van der Waals surface area contributed by atoms with E-state index in [9.17, 15) is 0 Å². The van der Waals surface area contributed by atoms with Gasteiger partial charge >= 0.3 is 0 Å². The quantitative estimate of drug-likeness (QED) is 0.657. The number of piperidine rings is 1. The molecule has 0 atom stereocenters. The standard InChI is InChI=1S/C21H34N2O4/c1-22(12-7-18-5-6-19(24-2)20(17-18)25-3)10-4-11-23-13-8-21(9-14-23)26-15-16-27-21/h5-6,17H,4,7-16H2,1-3H3. The summed E-state index contributed by atoms with van der Waals surface area (Å²) in [5, 5.41) is 0. The molecule has 6 nitrogen and oxygen atoms in total. The molecule has 2 heterocycles. The van der Waals surface area contributed by atoms with Gasteiger partial charge in [-0.2, -0.15) is 0 Å². The van der Waals surface area contributed by atoms with Crippen LogP contribution in [0.25, 0.3) is 0 Å². The van der Waals surface area contributed by atoms with Crippen molar-refractivity contribution in [2.24, 2.45) is 0 Å². The summed E-state index contributed by atoms with van der Waals surface area (Å²) in [6.07, 6.45) is 4.21. The first kappa shape index (κ1) is 20.4. The molecule has 1 spiro atoms. The molecular weight excluding hydrogens is 344 g/mol. The minimum absolute atomic E-state index is 0.257. The Morgan fingerprint density at radius 2 is 1.74 bits per heavy atom. The molecule has 3 rings (SSSR count). The summed E-state index contributed by atoms with van der Waals surface area (Å²) in [5.74, 6) is 1.33. The number of nitrogens with zero attached hydrogens (tertiary/aromatic N) is 2.